The SMILES string of the molecule is C=C1N(C(C)C)C(C)=NC1(C)C.CC.CC.CC(=O)N(C(C)C)C(C)(C)C.Cc1cc(C)c2nc(C)n(C(C)C)c2n1.Cc1cc(OC(C)C)c(C)c(C)n1.Cc1cccnc1N(C)C(C)C.Cc1nc(C)c2c(n1)N(C(C)C)C(=O)CC2.Cc1nc2c(c(OC(C)C)c1C)CCCC2.Cc1nc2c(n1C(C)C)C(C)(C)CCC2.Cc1nc2ccccc2c(OC(C)C)c1C. The fourth-order valence-electron chi connectivity index (χ4n) is 17.0. The van der Waals surface area contributed by atoms with Gasteiger partial charge in [-0.15, -0.1) is 0 Å². The molecule has 2 aliphatic carbocycles. The largest absolute Gasteiger partial charge is 0.491 e. The lowest BCUT2D eigenvalue weighted by Gasteiger charge is -2.38. The Morgan fingerprint density at radius 3 is 1.53 bits per heavy atom. The second-order valence-electron chi connectivity index (χ2n) is 39.1. The summed E-state index contributed by atoms with van der Waals surface area (Å²) in [5, 5.41) is 1.10. The highest BCUT2D eigenvalue weighted by Crippen LogP contribution is 2.40. The summed E-state index contributed by atoms with van der Waals surface area (Å²) in [6.45, 7) is 97.2. The molecule has 0 saturated heterocycles. The number of aliphatic imine (C=N–C) groups is 1. The van der Waals surface area contributed by atoms with Gasteiger partial charge < -0.3 is 38.0 Å². The average molecular weight is 1790 g/mol. The molecule has 0 fully saturated rings. The molecule has 0 unspecified atom stereocenters. The van der Waals surface area contributed by atoms with Gasteiger partial charge in [0.05, 0.1) is 35.1 Å². The van der Waals surface area contributed by atoms with Gasteiger partial charge in [-0.1, -0.05) is 66.3 Å². The monoisotopic (exact) mass is 1790 g/mol. The number of pyridine rings is 5. The Labute approximate surface area is 788 Å². The molecule has 8 aromatic heterocycles. The summed E-state index contributed by atoms with van der Waals surface area (Å²) in [7, 11) is 2.07. The predicted octanol–water partition coefficient (Wildman–Crippen LogP) is 26.7. The van der Waals surface area contributed by atoms with Crippen molar-refractivity contribution in [2.75, 3.05) is 16.8 Å². The van der Waals surface area contributed by atoms with Crippen LogP contribution in [-0.4, -0.2) is 142 Å². The molecule has 0 bridgehead atoms. The molecular formula is C109H176N16O5. The molecule has 0 N–H and O–H groups in total. The smallest absolute Gasteiger partial charge is 0.228 e. The number of imidazole rings is 2. The Bertz CT molecular complexity index is 5160. The van der Waals surface area contributed by atoms with Crippen molar-refractivity contribution in [3.63, 3.8) is 0 Å². The van der Waals surface area contributed by atoms with Crippen molar-refractivity contribution in [3.05, 3.63) is 175 Å². The summed E-state index contributed by atoms with van der Waals surface area (Å²) in [4.78, 5) is 76.3. The van der Waals surface area contributed by atoms with E-state index in [4.69, 9.17) is 24.2 Å². The molecule has 9 aromatic rings. The molecule has 13 rings (SSSR count). The first-order valence-corrected chi connectivity index (χ1v) is 48.2. The number of amidine groups is 1. The highest BCUT2D eigenvalue weighted by atomic mass is 16.5. The van der Waals surface area contributed by atoms with Crippen LogP contribution in [0.1, 0.15) is 366 Å². The van der Waals surface area contributed by atoms with Crippen molar-refractivity contribution in [1.82, 2.24) is 63.8 Å². The van der Waals surface area contributed by atoms with E-state index >= 15 is 0 Å². The van der Waals surface area contributed by atoms with E-state index in [9.17, 15) is 9.59 Å². The van der Waals surface area contributed by atoms with Gasteiger partial charge >= 0.3 is 0 Å². The van der Waals surface area contributed by atoms with E-state index in [2.05, 4.69) is 250 Å². The van der Waals surface area contributed by atoms with Crippen LogP contribution in [0, 0.1) is 96.9 Å². The first-order chi connectivity index (χ1) is 60.4. The zero-order valence-corrected chi connectivity index (χ0v) is 90.2. The van der Waals surface area contributed by atoms with Gasteiger partial charge in [0.1, 0.15) is 57.7 Å². The van der Waals surface area contributed by atoms with E-state index in [1.807, 2.05) is 187 Å². The van der Waals surface area contributed by atoms with Gasteiger partial charge in [0, 0.05) is 164 Å². The Hall–Kier alpha value is -9.66. The molecule has 21 heteroatoms. The predicted molar refractivity (Wildman–Crippen MR) is 551 cm³/mol. The first kappa shape index (κ1) is 115. The fourth-order valence-corrected chi connectivity index (χ4v) is 17.0. The van der Waals surface area contributed by atoms with Gasteiger partial charge in [-0.05, 0) is 350 Å². The second-order valence-corrected chi connectivity index (χ2v) is 39.1. The molecule has 0 atom stereocenters. The Morgan fingerprint density at radius 2 is 1.03 bits per heavy atom. The van der Waals surface area contributed by atoms with Gasteiger partial charge in [0.2, 0.25) is 11.8 Å². The standard InChI is InChI=1S/C14H21NO.C14H17NO.C13H22N2.C12H17N3O.C12H17N3.C11H17NO.C10H18N2.C10H16N2.C9H19NO.2C2H6/c2*1-9(2)16-14-10(3)11(4)15-13-8-6-5-7-12(13)14;1-9(2)15-10(3)14-11-7-6-8-13(4,5)12(11)15;1-7(2)15-11(16)6-5-10-8(3)13-9(4)14-12(10)15;1-7(2)15-10(5)14-11-8(3)6-9(4)13-12(11)15;1-7(2)13-11-6-8(3)12-10(5)9(11)4;1-7(2)12-8(3)10(5,6)11-9(12)4;1-8(2)12(4)10-9(3)6-5-7-11-10;1-7(2)10(8(3)11)9(4,5)6;2*1-2/h9H,5-8H2,1-4H3;5-9H,1-4H3;9H,6-8H2,1-5H3;7H,5-6H2,1-4H3;6-7H,1-5H3;6-7H,1-5H3;7H,3H2,1-2,4-6H3;5-8H,1-4H3;7H,1-6H3;2*1-2H3. The topological polar surface area (TPSA) is 213 Å². The van der Waals surface area contributed by atoms with Gasteiger partial charge in [-0.3, -0.25) is 34.4 Å². The number of carbonyl (C=O) groups is 2. The minimum Gasteiger partial charge on any atom is -0.491 e. The third kappa shape index (κ3) is 31.8. The van der Waals surface area contributed by atoms with Crippen LogP contribution in [-0.2, 0) is 40.7 Å². The summed E-state index contributed by atoms with van der Waals surface area (Å²) in [5.41, 5.74) is 23.1. The first-order valence-electron chi connectivity index (χ1n) is 48.2. The number of amides is 2. The molecule has 722 valence electrons. The van der Waals surface area contributed by atoms with Crippen LogP contribution in [0.3, 0.4) is 0 Å². The lowest BCUT2D eigenvalue weighted by Crippen LogP contribution is -2.48. The number of hydrogen-bond acceptors (Lipinski definition) is 17. The van der Waals surface area contributed by atoms with E-state index in [0.29, 0.717) is 36.0 Å². The van der Waals surface area contributed by atoms with Crippen molar-refractivity contribution in [2.24, 2.45) is 4.99 Å². The van der Waals surface area contributed by atoms with Crippen LogP contribution in [0.25, 0.3) is 22.1 Å². The number of carbonyl (C=O) groups excluding carboxylic acids is 2. The number of fused-ring (bicyclic) bond motifs is 5. The van der Waals surface area contributed by atoms with Crippen molar-refractivity contribution < 1.29 is 23.8 Å². The minimum atomic E-state index is -0.103. The minimum absolute atomic E-state index is 0.0556. The Balaban J connectivity index is 0.000000376. The van der Waals surface area contributed by atoms with E-state index in [-0.39, 0.29) is 53.3 Å². The molecule has 0 spiro atoms. The number of aryl methyl sites for hydroxylation is 13. The number of hydrogen-bond donors (Lipinski definition) is 0. The van der Waals surface area contributed by atoms with E-state index in [1.54, 1.807) is 11.8 Å². The maximum atomic E-state index is 11.9. The maximum Gasteiger partial charge on any atom is 0.228 e. The number of ether oxygens (including phenoxy) is 3. The molecule has 4 aliphatic rings. The van der Waals surface area contributed by atoms with Gasteiger partial charge in [0.15, 0.2) is 5.65 Å². The molecule has 0 saturated carbocycles. The third-order valence-corrected chi connectivity index (χ3v) is 23.0. The molecule has 2 amide bonds. The quantitative estimate of drug-likeness (QED) is 0.105. The zero-order valence-electron chi connectivity index (χ0n) is 90.2. The van der Waals surface area contributed by atoms with E-state index in [1.165, 1.54) is 77.3 Å². The number of benzene rings is 1. The summed E-state index contributed by atoms with van der Waals surface area (Å²) in [6, 6.07) is 18.6. The highest BCUT2D eigenvalue weighted by molar-refractivity contribution is 5.96. The molecule has 10 heterocycles. The highest BCUT2D eigenvalue weighted by Gasteiger charge is 2.36. The van der Waals surface area contributed by atoms with Gasteiger partial charge in [0.25, 0.3) is 0 Å². The van der Waals surface area contributed by atoms with Crippen molar-refractivity contribution in [2.45, 2.75) is 440 Å². The summed E-state index contributed by atoms with van der Waals surface area (Å²) >= 11 is 0. The van der Waals surface area contributed by atoms with Crippen LogP contribution < -0.4 is 24.0 Å². The Morgan fingerprint density at radius 1 is 0.508 bits per heavy atom. The fraction of sp³-hybridized carbons (Fsp3) is 0.615. The van der Waals surface area contributed by atoms with Crippen molar-refractivity contribution in [3.8, 4) is 17.2 Å². The lowest BCUT2D eigenvalue weighted by atomic mass is 9.77. The van der Waals surface area contributed by atoms with Crippen molar-refractivity contribution in [1.29, 1.82) is 0 Å². The molecule has 1 aromatic carbocycles. The number of aromatic nitrogens is 11. The van der Waals surface area contributed by atoms with E-state index in [0.717, 1.165) is 144 Å². The van der Waals surface area contributed by atoms with Crippen LogP contribution in [0.4, 0.5) is 11.6 Å². The molecular weight excluding hydrogens is 1610 g/mol. The van der Waals surface area contributed by atoms with Gasteiger partial charge in [-0.2, -0.15) is 0 Å². The summed E-state index contributed by atoms with van der Waals surface area (Å²) < 4.78 is 22.2. The van der Waals surface area contributed by atoms with Crippen LogP contribution in [0.5, 0.6) is 17.2 Å². The second kappa shape index (κ2) is 51.4. The number of anilines is 2. The molecule has 130 heavy (non-hydrogen) atoms. The summed E-state index contributed by atoms with van der Waals surface area (Å²) in [5.74, 6) is 9.29. The molecule has 0 radical (unpaired) electrons. The third-order valence-electron chi connectivity index (χ3n) is 23.0. The average Bonchev–Trinajstić information content (AvgIpc) is 1.58. The van der Waals surface area contributed by atoms with Gasteiger partial charge in [-0.25, -0.2) is 29.9 Å². The number of rotatable bonds is 13. The van der Waals surface area contributed by atoms with E-state index < -0.39 is 0 Å². The normalized spacial score (nSPS) is 13.9. The lowest BCUT2D eigenvalue weighted by molar-refractivity contribution is -0.135. The molecule has 2 aliphatic heterocycles. The van der Waals surface area contributed by atoms with Crippen molar-refractivity contribution >= 4 is 51.4 Å². The van der Waals surface area contributed by atoms with Crippen LogP contribution in [0.15, 0.2) is 72.0 Å². The van der Waals surface area contributed by atoms with Crippen LogP contribution in [0.2, 0.25) is 0 Å². The number of nitrogens with zero attached hydrogens (tertiary/aromatic N) is 16. The Kier molecular flexibility index (Phi) is 45.3. The zero-order chi connectivity index (χ0) is 99.6. The maximum absolute atomic E-state index is 11.9. The summed E-state index contributed by atoms with van der Waals surface area (Å²) in [6.07, 6.45) is 12.3. The van der Waals surface area contributed by atoms with Crippen LogP contribution >= 0.6 is 0 Å². The molecule has 21 nitrogen and oxygen atoms in total. The number of para-hydroxylation sites is 1.